The molecule has 0 N–H and O–H groups in total. The SMILES string of the molecule is CN1CCN(Cc2cc3c4cc(C(C)(C)C)ccc4n(Cc4ccccc4)c3c3c2OC(C)(C)C=C3)CC1. The third kappa shape index (κ3) is 4.65. The summed E-state index contributed by atoms with van der Waals surface area (Å²) in [4.78, 5) is 5.00. The second kappa shape index (κ2) is 9.29. The van der Waals surface area contributed by atoms with Gasteiger partial charge in [0.25, 0.3) is 0 Å². The molecule has 0 saturated carbocycles. The summed E-state index contributed by atoms with van der Waals surface area (Å²) in [5.74, 6) is 1.05. The Balaban J connectivity index is 1.61. The smallest absolute Gasteiger partial charge is 0.134 e. The van der Waals surface area contributed by atoms with Crippen LogP contribution in [0, 0.1) is 0 Å². The molecule has 2 aliphatic heterocycles. The standard InChI is InChI=1S/C34H41N3O/c1-33(2,3)26-12-13-30-28(21-26)29-20-25(23-36-18-16-35(6)17-19-36)32-27(14-15-34(4,5)38-32)31(29)37(30)22-24-10-8-7-9-11-24/h7-15,20-21H,16-19,22-23H2,1-6H3. The molecule has 1 aromatic heterocycles. The van der Waals surface area contributed by atoms with Crippen molar-refractivity contribution in [2.75, 3.05) is 33.2 Å². The third-order valence-corrected chi connectivity index (χ3v) is 8.27. The van der Waals surface area contributed by atoms with Crippen molar-refractivity contribution in [3.63, 3.8) is 0 Å². The second-order valence-corrected chi connectivity index (χ2v) is 12.8. The average molecular weight is 508 g/mol. The second-order valence-electron chi connectivity index (χ2n) is 12.8. The monoisotopic (exact) mass is 507 g/mol. The van der Waals surface area contributed by atoms with Crippen LogP contribution >= 0.6 is 0 Å². The van der Waals surface area contributed by atoms with E-state index in [1.165, 1.54) is 44.1 Å². The van der Waals surface area contributed by atoms with Crippen LogP contribution in [0.3, 0.4) is 0 Å². The summed E-state index contributed by atoms with van der Waals surface area (Å²) in [6.07, 6.45) is 4.54. The molecule has 0 unspecified atom stereocenters. The van der Waals surface area contributed by atoms with E-state index in [9.17, 15) is 0 Å². The lowest BCUT2D eigenvalue weighted by Gasteiger charge is -2.34. The first-order chi connectivity index (χ1) is 18.1. The number of benzene rings is 3. The minimum atomic E-state index is -0.326. The molecule has 6 rings (SSSR count). The molecule has 4 heteroatoms. The van der Waals surface area contributed by atoms with Gasteiger partial charge in [-0.3, -0.25) is 4.90 Å². The van der Waals surface area contributed by atoms with E-state index < -0.39 is 0 Å². The number of piperazine rings is 1. The van der Waals surface area contributed by atoms with Gasteiger partial charge in [-0.1, -0.05) is 57.2 Å². The number of aromatic nitrogens is 1. The Morgan fingerprint density at radius 3 is 2.32 bits per heavy atom. The third-order valence-electron chi connectivity index (χ3n) is 8.27. The largest absolute Gasteiger partial charge is 0.483 e. The van der Waals surface area contributed by atoms with Gasteiger partial charge < -0.3 is 14.2 Å². The number of hydrogen-bond acceptors (Lipinski definition) is 3. The molecule has 2 aliphatic rings. The molecule has 0 bridgehead atoms. The van der Waals surface area contributed by atoms with Crippen LogP contribution in [-0.4, -0.2) is 53.2 Å². The van der Waals surface area contributed by atoms with E-state index in [-0.39, 0.29) is 11.0 Å². The number of ether oxygens (including phenoxy) is 1. The number of hydrogen-bond donors (Lipinski definition) is 0. The molecule has 3 heterocycles. The van der Waals surface area contributed by atoms with Crippen LogP contribution in [0.1, 0.15) is 56.9 Å². The van der Waals surface area contributed by atoms with E-state index in [4.69, 9.17) is 4.74 Å². The highest BCUT2D eigenvalue weighted by Crippen LogP contribution is 2.44. The molecule has 4 nitrogen and oxygen atoms in total. The van der Waals surface area contributed by atoms with Crippen molar-refractivity contribution in [3.05, 3.63) is 82.9 Å². The van der Waals surface area contributed by atoms with E-state index in [2.05, 4.69) is 123 Å². The summed E-state index contributed by atoms with van der Waals surface area (Å²) in [7, 11) is 2.22. The van der Waals surface area contributed by atoms with E-state index >= 15 is 0 Å². The number of likely N-dealkylation sites (N-methyl/N-ethyl adjacent to an activating group) is 1. The Morgan fingerprint density at radius 2 is 1.61 bits per heavy atom. The zero-order chi connectivity index (χ0) is 26.7. The Morgan fingerprint density at radius 1 is 0.868 bits per heavy atom. The molecule has 0 radical (unpaired) electrons. The highest BCUT2D eigenvalue weighted by molar-refractivity contribution is 6.12. The van der Waals surface area contributed by atoms with Crippen molar-refractivity contribution in [3.8, 4) is 5.75 Å². The molecule has 4 aromatic rings. The van der Waals surface area contributed by atoms with Gasteiger partial charge in [0.05, 0.1) is 5.52 Å². The van der Waals surface area contributed by atoms with Crippen molar-refractivity contribution >= 4 is 27.9 Å². The van der Waals surface area contributed by atoms with Crippen LogP contribution in [0.2, 0.25) is 0 Å². The molecular weight excluding hydrogens is 466 g/mol. The molecule has 198 valence electrons. The van der Waals surface area contributed by atoms with Crippen LogP contribution in [-0.2, 0) is 18.5 Å². The van der Waals surface area contributed by atoms with Gasteiger partial charge in [-0.15, -0.1) is 0 Å². The Hall–Kier alpha value is -3.08. The summed E-state index contributed by atoms with van der Waals surface area (Å²) >= 11 is 0. The predicted molar refractivity (Wildman–Crippen MR) is 160 cm³/mol. The first-order valence-electron chi connectivity index (χ1n) is 14.0. The van der Waals surface area contributed by atoms with E-state index in [1.54, 1.807) is 0 Å². The average Bonchev–Trinajstić information content (AvgIpc) is 3.17. The van der Waals surface area contributed by atoms with Gasteiger partial charge in [-0.25, -0.2) is 0 Å². The summed E-state index contributed by atoms with van der Waals surface area (Å²) in [6.45, 7) is 17.4. The molecule has 3 aromatic carbocycles. The fourth-order valence-corrected chi connectivity index (χ4v) is 5.95. The Labute approximate surface area is 227 Å². The Bertz CT molecular complexity index is 1510. The van der Waals surface area contributed by atoms with E-state index in [1.807, 2.05) is 0 Å². The van der Waals surface area contributed by atoms with Gasteiger partial charge in [-0.2, -0.15) is 0 Å². The molecule has 1 saturated heterocycles. The van der Waals surface area contributed by atoms with Crippen molar-refractivity contribution in [2.45, 2.75) is 58.7 Å². The quantitative estimate of drug-likeness (QED) is 0.295. The molecule has 0 amide bonds. The lowest BCUT2D eigenvalue weighted by Crippen LogP contribution is -2.44. The van der Waals surface area contributed by atoms with Gasteiger partial charge in [-0.05, 0) is 67.8 Å². The molecule has 1 fully saturated rings. The zero-order valence-corrected chi connectivity index (χ0v) is 23.8. The van der Waals surface area contributed by atoms with Gasteiger partial charge in [0, 0.05) is 66.7 Å². The minimum Gasteiger partial charge on any atom is -0.483 e. The maximum Gasteiger partial charge on any atom is 0.134 e. The molecular formula is C34H41N3O. The van der Waals surface area contributed by atoms with Crippen molar-refractivity contribution < 1.29 is 4.74 Å². The van der Waals surface area contributed by atoms with E-state index in [0.29, 0.717) is 0 Å². The van der Waals surface area contributed by atoms with Gasteiger partial charge >= 0.3 is 0 Å². The molecule has 0 spiro atoms. The zero-order valence-electron chi connectivity index (χ0n) is 23.8. The van der Waals surface area contributed by atoms with Crippen molar-refractivity contribution in [1.82, 2.24) is 14.4 Å². The number of fused-ring (bicyclic) bond motifs is 5. The van der Waals surface area contributed by atoms with Gasteiger partial charge in [0.15, 0.2) is 0 Å². The van der Waals surface area contributed by atoms with Crippen LogP contribution in [0.5, 0.6) is 5.75 Å². The Kier molecular flexibility index (Phi) is 6.16. The first-order valence-corrected chi connectivity index (χ1v) is 14.0. The summed E-state index contributed by atoms with van der Waals surface area (Å²) in [5, 5.41) is 2.67. The maximum absolute atomic E-state index is 6.76. The lowest BCUT2D eigenvalue weighted by molar-refractivity contribution is 0.136. The summed E-state index contributed by atoms with van der Waals surface area (Å²) < 4.78 is 9.27. The molecule has 0 aliphatic carbocycles. The fraction of sp³-hybridized carbons (Fsp3) is 0.412. The highest BCUT2D eigenvalue weighted by Gasteiger charge is 2.29. The summed E-state index contributed by atoms with van der Waals surface area (Å²) in [6, 6.07) is 20.3. The van der Waals surface area contributed by atoms with Crippen molar-refractivity contribution in [1.29, 1.82) is 0 Å². The van der Waals surface area contributed by atoms with Gasteiger partial charge in [0.2, 0.25) is 0 Å². The van der Waals surface area contributed by atoms with Gasteiger partial charge in [0.1, 0.15) is 11.4 Å². The predicted octanol–water partition coefficient (Wildman–Crippen LogP) is 7.07. The first kappa shape index (κ1) is 25.2. The maximum atomic E-state index is 6.76. The normalized spacial score (nSPS) is 18.2. The topological polar surface area (TPSA) is 20.6 Å². The van der Waals surface area contributed by atoms with Crippen molar-refractivity contribution in [2.24, 2.45) is 0 Å². The van der Waals surface area contributed by atoms with E-state index in [0.717, 1.165) is 45.0 Å². The molecule has 0 atom stereocenters. The van der Waals surface area contributed by atoms with Crippen LogP contribution in [0.25, 0.3) is 27.9 Å². The summed E-state index contributed by atoms with van der Waals surface area (Å²) in [5.41, 5.74) is 7.52. The number of nitrogens with zero attached hydrogens (tertiary/aromatic N) is 3. The highest BCUT2D eigenvalue weighted by atomic mass is 16.5. The van der Waals surface area contributed by atoms with Crippen LogP contribution in [0.15, 0.2) is 60.7 Å². The lowest BCUT2D eigenvalue weighted by atomic mass is 9.86. The van der Waals surface area contributed by atoms with Crippen LogP contribution < -0.4 is 4.74 Å². The molecule has 38 heavy (non-hydrogen) atoms. The van der Waals surface area contributed by atoms with Crippen LogP contribution in [0.4, 0.5) is 0 Å². The number of rotatable bonds is 4. The minimum absolute atomic E-state index is 0.0892. The fourth-order valence-electron chi connectivity index (χ4n) is 5.95.